The van der Waals surface area contributed by atoms with Gasteiger partial charge in [-0.1, -0.05) is 0 Å². The van der Waals surface area contributed by atoms with Gasteiger partial charge in [0.1, 0.15) is 0 Å². The molecule has 0 bridgehead atoms. The normalized spacial score (nSPS) is 18.5. The van der Waals surface area contributed by atoms with Gasteiger partial charge in [-0.15, -0.1) is 0 Å². The van der Waals surface area contributed by atoms with Crippen LogP contribution < -0.4 is 5.32 Å². The summed E-state index contributed by atoms with van der Waals surface area (Å²) in [6, 6.07) is 0.173. The Morgan fingerprint density at radius 3 is 2.75 bits per heavy atom. The Labute approximate surface area is 129 Å². The average molecular weight is 345 g/mol. The van der Waals surface area contributed by atoms with Crippen LogP contribution in [0, 0.1) is 5.92 Å². The molecule has 1 aliphatic rings. The maximum atomic E-state index is 5.75. The highest BCUT2D eigenvalue weighted by molar-refractivity contribution is 9.10. The number of rotatable bonds is 8. The van der Waals surface area contributed by atoms with Gasteiger partial charge in [-0.3, -0.25) is 4.68 Å². The highest BCUT2D eigenvalue weighted by Crippen LogP contribution is 2.40. The van der Waals surface area contributed by atoms with Crippen LogP contribution in [-0.4, -0.2) is 55.6 Å². The minimum absolute atomic E-state index is 0.173. The van der Waals surface area contributed by atoms with E-state index in [1.54, 1.807) is 0 Å². The lowest BCUT2D eigenvalue weighted by atomic mass is 10.0. The Balaban J connectivity index is 2.21. The third-order valence-electron chi connectivity index (χ3n) is 3.89. The van der Waals surface area contributed by atoms with Crippen molar-refractivity contribution in [3.63, 3.8) is 0 Å². The van der Waals surface area contributed by atoms with Crippen molar-refractivity contribution in [2.75, 3.05) is 34.8 Å². The number of nitrogens with zero attached hydrogens (tertiary/aromatic N) is 3. The van der Waals surface area contributed by atoms with E-state index in [0.717, 1.165) is 17.6 Å². The predicted molar refractivity (Wildman–Crippen MR) is 83.8 cm³/mol. The Bertz CT molecular complexity index is 431. The molecule has 1 aromatic heterocycles. The molecule has 2 atom stereocenters. The molecule has 6 heteroatoms. The molecule has 114 valence electrons. The van der Waals surface area contributed by atoms with Crippen molar-refractivity contribution >= 4 is 15.9 Å². The highest BCUT2D eigenvalue weighted by atomic mass is 79.9. The summed E-state index contributed by atoms with van der Waals surface area (Å²) in [5, 5.41) is 7.92. The van der Waals surface area contributed by atoms with E-state index in [4.69, 9.17) is 4.74 Å². The van der Waals surface area contributed by atoms with Gasteiger partial charge in [-0.2, -0.15) is 5.10 Å². The van der Waals surface area contributed by atoms with Gasteiger partial charge in [-0.05, 0) is 55.8 Å². The largest absolute Gasteiger partial charge is 0.379 e. The second-order valence-corrected chi connectivity index (χ2v) is 6.56. The third kappa shape index (κ3) is 3.61. The van der Waals surface area contributed by atoms with Crippen molar-refractivity contribution in [1.29, 1.82) is 0 Å². The van der Waals surface area contributed by atoms with E-state index in [1.807, 2.05) is 20.4 Å². The number of ether oxygens (including phenoxy) is 1. The minimum Gasteiger partial charge on any atom is -0.379 e. The van der Waals surface area contributed by atoms with Crippen molar-refractivity contribution in [3.05, 3.63) is 16.4 Å². The molecule has 2 rings (SSSR count). The monoisotopic (exact) mass is 344 g/mol. The van der Waals surface area contributed by atoms with E-state index < -0.39 is 0 Å². The van der Waals surface area contributed by atoms with Crippen molar-refractivity contribution in [1.82, 2.24) is 20.0 Å². The molecule has 5 nitrogen and oxygen atoms in total. The van der Waals surface area contributed by atoms with Gasteiger partial charge >= 0.3 is 0 Å². The van der Waals surface area contributed by atoms with Gasteiger partial charge in [0.15, 0.2) is 0 Å². The molecule has 1 fully saturated rings. The van der Waals surface area contributed by atoms with Crippen LogP contribution in [0.3, 0.4) is 0 Å². The number of hydrogen-bond donors (Lipinski definition) is 1. The number of methoxy groups -OCH3 is 1. The third-order valence-corrected chi connectivity index (χ3v) is 4.50. The first-order valence-electron chi connectivity index (χ1n) is 7.14. The fourth-order valence-corrected chi connectivity index (χ4v) is 3.18. The van der Waals surface area contributed by atoms with E-state index in [2.05, 4.69) is 50.0 Å². The lowest BCUT2D eigenvalue weighted by molar-refractivity contribution is 0.0500. The van der Waals surface area contributed by atoms with Crippen molar-refractivity contribution in [3.8, 4) is 0 Å². The number of likely N-dealkylation sites (N-methyl/N-ethyl adjacent to an activating group) is 2. The van der Waals surface area contributed by atoms with Crippen LogP contribution in [0.2, 0.25) is 0 Å². The highest BCUT2D eigenvalue weighted by Gasteiger charge is 2.39. The molecule has 0 spiro atoms. The van der Waals surface area contributed by atoms with Gasteiger partial charge in [0, 0.05) is 13.7 Å². The zero-order valence-corrected chi connectivity index (χ0v) is 14.4. The molecular formula is C14H25BrN4O. The first kappa shape index (κ1) is 15.9. The van der Waals surface area contributed by atoms with Crippen LogP contribution in [0.1, 0.15) is 24.6 Å². The smallest absolute Gasteiger partial charge is 0.0809 e. The molecule has 0 radical (unpaired) electrons. The maximum Gasteiger partial charge on any atom is 0.0809 e. The van der Waals surface area contributed by atoms with Gasteiger partial charge in [0.25, 0.3) is 0 Å². The Morgan fingerprint density at radius 1 is 1.55 bits per heavy atom. The summed E-state index contributed by atoms with van der Waals surface area (Å²) in [5.41, 5.74) is 1.19. The van der Waals surface area contributed by atoms with Gasteiger partial charge in [0.2, 0.25) is 0 Å². The Morgan fingerprint density at radius 2 is 2.25 bits per heavy atom. The van der Waals surface area contributed by atoms with Gasteiger partial charge < -0.3 is 15.0 Å². The van der Waals surface area contributed by atoms with Crippen LogP contribution in [0.15, 0.2) is 10.7 Å². The molecule has 0 aliphatic heterocycles. The molecule has 1 aromatic rings. The molecule has 1 heterocycles. The van der Waals surface area contributed by atoms with Crippen LogP contribution in [0.5, 0.6) is 0 Å². The van der Waals surface area contributed by atoms with E-state index >= 15 is 0 Å². The second-order valence-electron chi connectivity index (χ2n) is 5.71. The minimum atomic E-state index is 0.173. The van der Waals surface area contributed by atoms with E-state index in [9.17, 15) is 0 Å². The number of nitrogens with one attached hydrogen (secondary N) is 1. The first-order chi connectivity index (χ1) is 9.58. The lowest BCUT2D eigenvalue weighted by Crippen LogP contribution is -2.35. The van der Waals surface area contributed by atoms with Gasteiger partial charge in [-0.25, -0.2) is 0 Å². The predicted octanol–water partition coefficient (Wildman–Crippen LogP) is 1.89. The molecule has 0 amide bonds. The van der Waals surface area contributed by atoms with E-state index in [-0.39, 0.29) is 12.1 Å². The van der Waals surface area contributed by atoms with Crippen molar-refractivity contribution in [2.45, 2.75) is 31.5 Å². The number of hydrogen-bond acceptors (Lipinski definition) is 4. The molecule has 1 aliphatic carbocycles. The van der Waals surface area contributed by atoms with Crippen LogP contribution >= 0.6 is 15.9 Å². The topological polar surface area (TPSA) is 42.3 Å². The molecule has 2 unspecified atom stereocenters. The van der Waals surface area contributed by atoms with Crippen molar-refractivity contribution < 1.29 is 4.74 Å². The summed E-state index contributed by atoms with van der Waals surface area (Å²) < 4.78 is 8.89. The maximum absolute atomic E-state index is 5.75. The molecule has 1 N–H and O–H groups in total. The molecule has 1 saturated carbocycles. The average Bonchev–Trinajstić information content (AvgIpc) is 3.18. The van der Waals surface area contributed by atoms with E-state index in [1.165, 1.54) is 18.5 Å². The lowest BCUT2D eigenvalue weighted by Gasteiger charge is -2.27. The van der Waals surface area contributed by atoms with E-state index in [0.29, 0.717) is 5.92 Å². The SMILES string of the molecule is CNC(c1c(Br)cnn1CCN(C)C)C(OC)C1CC1. The van der Waals surface area contributed by atoms with Crippen molar-refractivity contribution in [2.24, 2.45) is 5.92 Å². The fourth-order valence-electron chi connectivity index (χ4n) is 2.64. The summed E-state index contributed by atoms with van der Waals surface area (Å²) in [7, 11) is 7.96. The fraction of sp³-hybridized carbons (Fsp3) is 0.786. The molecular weight excluding hydrogens is 320 g/mol. The summed E-state index contributed by atoms with van der Waals surface area (Å²) in [6.45, 7) is 1.85. The molecule has 0 saturated heterocycles. The van der Waals surface area contributed by atoms with Crippen LogP contribution in [0.25, 0.3) is 0 Å². The van der Waals surface area contributed by atoms with Crippen LogP contribution in [0.4, 0.5) is 0 Å². The summed E-state index contributed by atoms with van der Waals surface area (Å²) >= 11 is 3.64. The number of halogens is 1. The Hall–Kier alpha value is -0.430. The zero-order chi connectivity index (χ0) is 14.7. The zero-order valence-electron chi connectivity index (χ0n) is 12.8. The summed E-state index contributed by atoms with van der Waals surface area (Å²) in [5.74, 6) is 0.668. The van der Waals surface area contributed by atoms with Gasteiger partial charge in [0.05, 0.1) is 35.1 Å². The second kappa shape index (κ2) is 7.02. The van der Waals surface area contributed by atoms with Crippen LogP contribution in [-0.2, 0) is 11.3 Å². The summed E-state index contributed by atoms with van der Waals surface area (Å²) in [4.78, 5) is 2.17. The molecule has 20 heavy (non-hydrogen) atoms. The first-order valence-corrected chi connectivity index (χ1v) is 7.93. The molecule has 0 aromatic carbocycles. The quantitative estimate of drug-likeness (QED) is 0.781. The standard InChI is InChI=1S/C14H25BrN4O/c1-16-12(14(20-4)10-5-6-10)13-11(15)9-17-19(13)8-7-18(2)3/h9-10,12,14,16H,5-8H2,1-4H3. The Kier molecular flexibility index (Phi) is 5.60. The summed E-state index contributed by atoms with van der Waals surface area (Å²) in [6.07, 6.45) is 4.63. The number of aromatic nitrogens is 2.